The molecule has 3 heterocycles. The molecule has 1 fully saturated rings. The van der Waals surface area contributed by atoms with Crippen LogP contribution < -0.4 is 10.6 Å². The Hall–Kier alpha value is -2.90. The Balaban J connectivity index is 1.87. The molecule has 0 bridgehead atoms. The number of nitrogens with zero attached hydrogens (tertiary/aromatic N) is 5. The summed E-state index contributed by atoms with van der Waals surface area (Å²) in [4.78, 5) is 28.7. The van der Waals surface area contributed by atoms with Crippen molar-refractivity contribution in [1.82, 2.24) is 19.9 Å². The van der Waals surface area contributed by atoms with Crippen molar-refractivity contribution in [3.63, 3.8) is 0 Å². The fraction of sp³-hybridized carbons (Fsp3) is 0.412. The van der Waals surface area contributed by atoms with Gasteiger partial charge in [0.05, 0.1) is 12.3 Å². The SMILES string of the molecule is CCOC(=O)N1CCN(c2nc(N)nc(C)c2-c2cccnc2)CC1. The average Bonchev–Trinajstić information content (AvgIpc) is 2.62. The molecular weight excluding hydrogens is 320 g/mol. The van der Waals surface area contributed by atoms with Gasteiger partial charge in [-0.1, -0.05) is 6.07 Å². The molecule has 2 aromatic rings. The van der Waals surface area contributed by atoms with Gasteiger partial charge in [-0.15, -0.1) is 0 Å². The van der Waals surface area contributed by atoms with Crippen LogP contribution in [0.5, 0.6) is 0 Å². The zero-order valence-corrected chi connectivity index (χ0v) is 14.5. The smallest absolute Gasteiger partial charge is 0.409 e. The quantitative estimate of drug-likeness (QED) is 0.906. The van der Waals surface area contributed by atoms with E-state index >= 15 is 0 Å². The number of hydrogen-bond acceptors (Lipinski definition) is 7. The summed E-state index contributed by atoms with van der Waals surface area (Å²) in [5, 5.41) is 0. The number of nitrogen functional groups attached to an aromatic ring is 1. The van der Waals surface area contributed by atoms with Gasteiger partial charge in [0.15, 0.2) is 0 Å². The number of carbonyl (C=O) groups is 1. The highest BCUT2D eigenvalue weighted by Gasteiger charge is 2.25. The highest BCUT2D eigenvalue weighted by Crippen LogP contribution is 2.32. The van der Waals surface area contributed by atoms with Crippen LogP contribution in [0.4, 0.5) is 16.6 Å². The summed E-state index contributed by atoms with van der Waals surface area (Å²) in [5.74, 6) is 1.02. The number of aryl methyl sites for hydroxylation is 1. The number of rotatable bonds is 3. The van der Waals surface area contributed by atoms with Gasteiger partial charge in [0.1, 0.15) is 5.82 Å². The number of ether oxygens (including phenoxy) is 1. The van der Waals surface area contributed by atoms with Gasteiger partial charge in [0.2, 0.25) is 5.95 Å². The number of nitrogens with two attached hydrogens (primary N) is 1. The summed E-state index contributed by atoms with van der Waals surface area (Å²) in [6.07, 6.45) is 3.25. The third-order valence-electron chi connectivity index (χ3n) is 4.14. The maximum atomic E-state index is 11.9. The molecule has 1 aliphatic heterocycles. The van der Waals surface area contributed by atoms with Crippen LogP contribution in [0.25, 0.3) is 11.1 Å². The zero-order chi connectivity index (χ0) is 17.8. The van der Waals surface area contributed by atoms with Crippen molar-refractivity contribution in [2.45, 2.75) is 13.8 Å². The summed E-state index contributed by atoms with van der Waals surface area (Å²) in [6.45, 7) is 6.57. The molecule has 2 aromatic heterocycles. The first kappa shape index (κ1) is 16.9. The van der Waals surface area contributed by atoms with Gasteiger partial charge in [-0.3, -0.25) is 4.98 Å². The Bertz CT molecular complexity index is 744. The van der Waals surface area contributed by atoms with E-state index in [2.05, 4.69) is 19.9 Å². The third kappa shape index (κ3) is 3.62. The van der Waals surface area contributed by atoms with Crippen LogP contribution in [0.15, 0.2) is 24.5 Å². The lowest BCUT2D eigenvalue weighted by molar-refractivity contribution is 0.105. The molecule has 0 atom stereocenters. The topological polar surface area (TPSA) is 97.5 Å². The Morgan fingerprint density at radius 2 is 2.04 bits per heavy atom. The van der Waals surface area contributed by atoms with Crippen LogP contribution in [0.1, 0.15) is 12.6 Å². The normalized spacial score (nSPS) is 14.5. The van der Waals surface area contributed by atoms with E-state index in [1.807, 2.05) is 19.1 Å². The molecule has 0 spiro atoms. The van der Waals surface area contributed by atoms with Crippen molar-refractivity contribution in [1.29, 1.82) is 0 Å². The largest absolute Gasteiger partial charge is 0.450 e. The maximum absolute atomic E-state index is 11.9. The minimum Gasteiger partial charge on any atom is -0.450 e. The first-order valence-electron chi connectivity index (χ1n) is 8.31. The number of pyridine rings is 1. The number of carbonyl (C=O) groups excluding carboxylic acids is 1. The lowest BCUT2D eigenvalue weighted by Gasteiger charge is -2.35. The van der Waals surface area contributed by atoms with Gasteiger partial charge in [-0.25, -0.2) is 9.78 Å². The fourth-order valence-corrected chi connectivity index (χ4v) is 2.97. The van der Waals surface area contributed by atoms with Crippen molar-refractivity contribution in [3.8, 4) is 11.1 Å². The molecule has 3 rings (SSSR count). The van der Waals surface area contributed by atoms with Crippen LogP contribution in [-0.2, 0) is 4.74 Å². The molecule has 25 heavy (non-hydrogen) atoms. The molecule has 0 unspecified atom stereocenters. The van der Waals surface area contributed by atoms with E-state index in [0.717, 1.165) is 22.6 Å². The lowest BCUT2D eigenvalue weighted by Crippen LogP contribution is -2.49. The summed E-state index contributed by atoms with van der Waals surface area (Å²) < 4.78 is 5.07. The number of amides is 1. The van der Waals surface area contributed by atoms with Crippen LogP contribution in [0.3, 0.4) is 0 Å². The van der Waals surface area contributed by atoms with Crippen LogP contribution in [0, 0.1) is 6.92 Å². The second-order valence-corrected chi connectivity index (χ2v) is 5.78. The van der Waals surface area contributed by atoms with Gasteiger partial charge in [0.25, 0.3) is 0 Å². The highest BCUT2D eigenvalue weighted by atomic mass is 16.6. The molecule has 0 aromatic carbocycles. The van der Waals surface area contributed by atoms with E-state index in [4.69, 9.17) is 10.5 Å². The van der Waals surface area contributed by atoms with Gasteiger partial charge in [-0.2, -0.15) is 4.98 Å². The minimum absolute atomic E-state index is 0.243. The van der Waals surface area contributed by atoms with Crippen molar-refractivity contribution < 1.29 is 9.53 Å². The molecule has 132 valence electrons. The van der Waals surface area contributed by atoms with Crippen LogP contribution in [0.2, 0.25) is 0 Å². The Morgan fingerprint density at radius 3 is 2.68 bits per heavy atom. The van der Waals surface area contributed by atoms with Crippen molar-refractivity contribution in [3.05, 3.63) is 30.2 Å². The summed E-state index contributed by atoms with van der Waals surface area (Å²) in [7, 11) is 0. The summed E-state index contributed by atoms with van der Waals surface area (Å²) in [6, 6.07) is 3.86. The minimum atomic E-state index is -0.270. The molecule has 0 radical (unpaired) electrons. The predicted molar refractivity (Wildman–Crippen MR) is 95.2 cm³/mol. The van der Waals surface area contributed by atoms with Gasteiger partial charge in [0, 0.05) is 49.7 Å². The number of piperazine rings is 1. The zero-order valence-electron chi connectivity index (χ0n) is 14.5. The predicted octanol–water partition coefficient (Wildman–Crippen LogP) is 1.71. The van der Waals surface area contributed by atoms with Crippen molar-refractivity contribution >= 4 is 17.9 Å². The fourth-order valence-electron chi connectivity index (χ4n) is 2.97. The van der Waals surface area contributed by atoms with Crippen LogP contribution in [-0.4, -0.2) is 58.7 Å². The van der Waals surface area contributed by atoms with Gasteiger partial charge < -0.3 is 20.3 Å². The van der Waals surface area contributed by atoms with E-state index in [-0.39, 0.29) is 12.0 Å². The molecule has 1 saturated heterocycles. The highest BCUT2D eigenvalue weighted by molar-refractivity contribution is 5.78. The number of aromatic nitrogens is 3. The van der Waals surface area contributed by atoms with Gasteiger partial charge in [-0.05, 0) is 19.9 Å². The van der Waals surface area contributed by atoms with E-state index in [0.29, 0.717) is 32.8 Å². The number of anilines is 2. The van der Waals surface area contributed by atoms with Crippen molar-refractivity contribution in [2.75, 3.05) is 43.4 Å². The van der Waals surface area contributed by atoms with E-state index in [9.17, 15) is 4.79 Å². The van der Waals surface area contributed by atoms with E-state index < -0.39 is 0 Å². The standard InChI is InChI=1S/C17H22N6O2/c1-3-25-17(24)23-9-7-22(8-10-23)15-14(12(2)20-16(18)21-15)13-5-4-6-19-11-13/h4-6,11H,3,7-10H2,1-2H3,(H2,18,20,21). The molecule has 2 N–H and O–H groups in total. The van der Waals surface area contributed by atoms with Crippen LogP contribution >= 0.6 is 0 Å². The Labute approximate surface area is 146 Å². The molecule has 1 amide bonds. The molecular formula is C17H22N6O2. The second kappa shape index (κ2) is 7.33. The first-order valence-corrected chi connectivity index (χ1v) is 8.31. The monoisotopic (exact) mass is 342 g/mol. The Kier molecular flexibility index (Phi) is 4.97. The van der Waals surface area contributed by atoms with E-state index in [1.54, 1.807) is 24.2 Å². The second-order valence-electron chi connectivity index (χ2n) is 5.78. The number of hydrogen-bond donors (Lipinski definition) is 1. The Morgan fingerprint density at radius 1 is 1.28 bits per heavy atom. The molecule has 0 aliphatic carbocycles. The first-order chi connectivity index (χ1) is 12.1. The molecule has 8 nitrogen and oxygen atoms in total. The molecule has 1 aliphatic rings. The summed E-state index contributed by atoms with van der Waals surface area (Å²) in [5.41, 5.74) is 8.56. The van der Waals surface area contributed by atoms with Crippen molar-refractivity contribution in [2.24, 2.45) is 0 Å². The molecule has 0 saturated carbocycles. The summed E-state index contributed by atoms with van der Waals surface area (Å²) >= 11 is 0. The van der Waals surface area contributed by atoms with E-state index in [1.165, 1.54) is 0 Å². The lowest BCUT2D eigenvalue weighted by atomic mass is 10.1. The average molecular weight is 342 g/mol. The maximum Gasteiger partial charge on any atom is 0.409 e. The van der Waals surface area contributed by atoms with Gasteiger partial charge >= 0.3 is 6.09 Å². The molecule has 8 heteroatoms. The third-order valence-corrected chi connectivity index (χ3v) is 4.14.